The zero-order valence-electron chi connectivity index (χ0n) is 9.37. The molecule has 0 unspecified atom stereocenters. The second-order valence-electron chi connectivity index (χ2n) is 4.50. The fourth-order valence-electron chi connectivity index (χ4n) is 1.36. The maximum atomic E-state index is 11.4. The van der Waals surface area contributed by atoms with Gasteiger partial charge in [-0.2, -0.15) is 0 Å². The van der Waals surface area contributed by atoms with Crippen LogP contribution in [0.2, 0.25) is 0 Å². The molecule has 15 heavy (non-hydrogen) atoms. The van der Waals surface area contributed by atoms with Crippen molar-refractivity contribution in [3.05, 3.63) is 0 Å². The van der Waals surface area contributed by atoms with Crippen LogP contribution in [-0.4, -0.2) is 30.4 Å². The summed E-state index contributed by atoms with van der Waals surface area (Å²) < 4.78 is 10.4. The van der Waals surface area contributed by atoms with Crippen LogP contribution in [0.25, 0.3) is 0 Å². The number of carbonyl (C=O) groups excluding carboxylic acids is 1. The lowest BCUT2D eigenvalue weighted by Crippen LogP contribution is -2.42. The van der Waals surface area contributed by atoms with Crippen LogP contribution in [0.5, 0.6) is 0 Å². The molecule has 0 aromatic rings. The van der Waals surface area contributed by atoms with E-state index >= 15 is 0 Å². The maximum Gasteiger partial charge on any atom is 0.407 e. The zero-order valence-corrected chi connectivity index (χ0v) is 9.37. The summed E-state index contributed by atoms with van der Waals surface area (Å²) >= 11 is 0. The molecule has 0 spiro atoms. The van der Waals surface area contributed by atoms with Crippen LogP contribution < -0.4 is 5.32 Å². The average Bonchev–Trinajstić information content (AvgIpc) is 2.48. The summed E-state index contributed by atoms with van der Waals surface area (Å²) in [6.07, 6.45) is 5.21. The minimum atomic E-state index is -0.491. The lowest BCUT2D eigenvalue weighted by atomic mass is 10.1. The predicted molar refractivity (Wildman–Crippen MR) is 56.3 cm³/mol. The molecule has 0 aliphatic carbocycles. The van der Waals surface area contributed by atoms with Crippen LogP contribution in [0.15, 0.2) is 0 Å². The van der Waals surface area contributed by atoms with Crippen LogP contribution >= 0.6 is 0 Å². The Labute approximate surface area is 90.3 Å². The molecule has 1 rings (SSSR count). The van der Waals surface area contributed by atoms with Crippen molar-refractivity contribution in [1.82, 2.24) is 5.32 Å². The van der Waals surface area contributed by atoms with E-state index in [1.54, 1.807) is 0 Å². The third-order valence-corrected chi connectivity index (χ3v) is 1.96. The number of rotatable bonds is 1. The van der Waals surface area contributed by atoms with Crippen molar-refractivity contribution in [2.75, 3.05) is 6.61 Å². The number of hydrogen-bond donors (Lipinski definition) is 1. The van der Waals surface area contributed by atoms with E-state index in [2.05, 4.69) is 11.2 Å². The fourth-order valence-corrected chi connectivity index (χ4v) is 1.36. The number of terminal acetylenes is 1. The van der Waals surface area contributed by atoms with Crippen molar-refractivity contribution < 1.29 is 14.3 Å². The quantitative estimate of drug-likeness (QED) is 0.665. The first kappa shape index (κ1) is 11.9. The molecule has 0 aromatic heterocycles. The van der Waals surface area contributed by atoms with Crippen LogP contribution in [0.4, 0.5) is 4.79 Å². The minimum absolute atomic E-state index is 0.134. The molecule has 4 heteroatoms. The second-order valence-corrected chi connectivity index (χ2v) is 4.50. The van der Waals surface area contributed by atoms with Gasteiger partial charge in [-0.1, -0.05) is 5.92 Å². The largest absolute Gasteiger partial charge is 0.444 e. The van der Waals surface area contributed by atoms with E-state index in [0.717, 1.165) is 6.42 Å². The summed E-state index contributed by atoms with van der Waals surface area (Å²) in [5.74, 6) is 2.49. The molecule has 1 aliphatic heterocycles. The molecule has 1 aliphatic rings. The summed E-state index contributed by atoms with van der Waals surface area (Å²) in [4.78, 5) is 11.4. The van der Waals surface area contributed by atoms with Crippen LogP contribution in [0.3, 0.4) is 0 Å². The molecular formula is C11H17NO3. The highest BCUT2D eigenvalue weighted by Gasteiger charge is 2.29. The molecule has 0 radical (unpaired) electrons. The van der Waals surface area contributed by atoms with Gasteiger partial charge in [0.15, 0.2) is 0 Å². The van der Waals surface area contributed by atoms with Crippen molar-refractivity contribution in [3.63, 3.8) is 0 Å². The van der Waals surface area contributed by atoms with Gasteiger partial charge in [0.2, 0.25) is 0 Å². The van der Waals surface area contributed by atoms with Gasteiger partial charge in [-0.3, -0.25) is 0 Å². The van der Waals surface area contributed by atoms with E-state index in [4.69, 9.17) is 15.9 Å². The van der Waals surface area contributed by atoms with E-state index in [0.29, 0.717) is 6.61 Å². The van der Waals surface area contributed by atoms with Crippen molar-refractivity contribution in [3.8, 4) is 12.3 Å². The monoisotopic (exact) mass is 211 g/mol. The molecule has 2 atom stereocenters. The van der Waals surface area contributed by atoms with Crippen molar-refractivity contribution in [2.45, 2.75) is 44.9 Å². The van der Waals surface area contributed by atoms with Gasteiger partial charge in [0.25, 0.3) is 0 Å². The molecule has 0 saturated carbocycles. The predicted octanol–water partition coefficient (Wildman–Crippen LogP) is 1.30. The summed E-state index contributed by atoms with van der Waals surface area (Å²) in [6, 6.07) is -0.134. The standard InChI is InChI=1S/C11H17NO3/c1-5-9-8(6-7-14-9)12-10(13)15-11(2,3)4/h1,8-9H,6-7H2,2-4H3,(H,12,13)/t8-,9-/m1/s1. The number of ether oxygens (including phenoxy) is 2. The smallest absolute Gasteiger partial charge is 0.407 e. The second kappa shape index (κ2) is 4.54. The first-order valence-electron chi connectivity index (χ1n) is 4.99. The average molecular weight is 211 g/mol. The minimum Gasteiger partial charge on any atom is -0.444 e. The normalized spacial score (nSPS) is 25.7. The Morgan fingerprint density at radius 2 is 2.27 bits per heavy atom. The summed E-state index contributed by atoms with van der Waals surface area (Å²) in [6.45, 7) is 6.03. The number of nitrogens with one attached hydrogen (secondary N) is 1. The van der Waals surface area contributed by atoms with Gasteiger partial charge in [-0.05, 0) is 27.2 Å². The number of amides is 1. The molecule has 1 fully saturated rings. The Morgan fingerprint density at radius 1 is 1.60 bits per heavy atom. The van der Waals surface area contributed by atoms with Gasteiger partial charge in [0.1, 0.15) is 11.7 Å². The van der Waals surface area contributed by atoms with Gasteiger partial charge in [-0.25, -0.2) is 4.79 Å². The van der Waals surface area contributed by atoms with E-state index in [1.165, 1.54) is 0 Å². The number of alkyl carbamates (subject to hydrolysis) is 1. The van der Waals surface area contributed by atoms with Crippen molar-refractivity contribution in [2.24, 2.45) is 0 Å². The fraction of sp³-hybridized carbons (Fsp3) is 0.727. The Bertz CT molecular complexity index is 275. The van der Waals surface area contributed by atoms with Crippen LogP contribution in [0, 0.1) is 12.3 Å². The Balaban J connectivity index is 2.42. The van der Waals surface area contributed by atoms with Gasteiger partial charge < -0.3 is 14.8 Å². The van der Waals surface area contributed by atoms with E-state index in [1.807, 2.05) is 20.8 Å². The maximum absolute atomic E-state index is 11.4. The summed E-state index contributed by atoms with van der Waals surface area (Å²) in [5, 5.41) is 2.71. The molecule has 1 amide bonds. The Morgan fingerprint density at radius 3 is 2.80 bits per heavy atom. The SMILES string of the molecule is C#C[C@H]1OCC[C@H]1NC(=O)OC(C)(C)C. The summed E-state index contributed by atoms with van der Waals surface area (Å²) in [7, 11) is 0. The number of hydrogen-bond acceptors (Lipinski definition) is 3. The van der Waals surface area contributed by atoms with Crippen LogP contribution in [0.1, 0.15) is 27.2 Å². The van der Waals surface area contributed by atoms with Crippen molar-refractivity contribution in [1.29, 1.82) is 0 Å². The highest BCUT2D eigenvalue weighted by Crippen LogP contribution is 2.14. The summed E-state index contributed by atoms with van der Waals surface area (Å²) in [5.41, 5.74) is -0.491. The topological polar surface area (TPSA) is 47.6 Å². The first-order valence-corrected chi connectivity index (χ1v) is 4.99. The van der Waals surface area contributed by atoms with Gasteiger partial charge in [-0.15, -0.1) is 6.42 Å². The highest BCUT2D eigenvalue weighted by atomic mass is 16.6. The van der Waals surface area contributed by atoms with E-state index in [9.17, 15) is 4.79 Å². The van der Waals surface area contributed by atoms with Crippen LogP contribution in [-0.2, 0) is 9.47 Å². The molecular weight excluding hydrogens is 194 g/mol. The molecule has 0 bridgehead atoms. The third kappa shape index (κ3) is 3.80. The van der Waals surface area contributed by atoms with Gasteiger partial charge >= 0.3 is 6.09 Å². The molecule has 84 valence electrons. The Kier molecular flexibility index (Phi) is 3.59. The third-order valence-electron chi connectivity index (χ3n) is 1.96. The molecule has 1 saturated heterocycles. The first-order chi connectivity index (χ1) is 6.92. The molecule has 1 N–H and O–H groups in total. The zero-order chi connectivity index (χ0) is 11.5. The number of carbonyl (C=O) groups is 1. The molecule has 1 heterocycles. The van der Waals surface area contributed by atoms with Gasteiger partial charge in [0, 0.05) is 0 Å². The lowest BCUT2D eigenvalue weighted by molar-refractivity contribution is 0.0481. The Hall–Kier alpha value is -1.21. The molecule has 0 aromatic carbocycles. The highest BCUT2D eigenvalue weighted by molar-refractivity contribution is 5.68. The molecule has 4 nitrogen and oxygen atoms in total. The van der Waals surface area contributed by atoms with Gasteiger partial charge in [0.05, 0.1) is 12.6 Å². The lowest BCUT2D eigenvalue weighted by Gasteiger charge is -2.22. The van der Waals surface area contributed by atoms with E-state index in [-0.39, 0.29) is 12.1 Å². The van der Waals surface area contributed by atoms with E-state index < -0.39 is 11.7 Å². The van der Waals surface area contributed by atoms with Crippen molar-refractivity contribution >= 4 is 6.09 Å².